The third-order valence-corrected chi connectivity index (χ3v) is 10.8. The zero-order chi connectivity index (χ0) is 24.6. The summed E-state index contributed by atoms with van der Waals surface area (Å²) in [4.78, 5) is 13.2. The van der Waals surface area contributed by atoms with E-state index in [4.69, 9.17) is 9.05 Å². The summed E-state index contributed by atoms with van der Waals surface area (Å²) in [6.45, 7) is 11.0. The first-order valence-corrected chi connectivity index (χ1v) is 14.7. The minimum absolute atomic E-state index is 0.115. The molecule has 2 N–H and O–H groups in total. The second-order valence-electron chi connectivity index (χ2n) is 11.9. The highest BCUT2D eigenvalue weighted by atomic mass is 31.2. The molecule has 4 saturated carbocycles. The van der Waals surface area contributed by atoms with Crippen LogP contribution in [0.1, 0.15) is 78.7 Å². The molecule has 0 heterocycles. The Hall–Kier alpha value is -1.36. The second kappa shape index (κ2) is 9.95. The monoisotopic (exact) mass is 490 g/mol. The van der Waals surface area contributed by atoms with Crippen LogP contribution in [0.4, 0.5) is 5.69 Å². The lowest BCUT2D eigenvalue weighted by molar-refractivity contribution is -0.146. The molecule has 190 valence electrons. The molecule has 0 saturated heterocycles. The summed E-state index contributed by atoms with van der Waals surface area (Å²) >= 11 is 0. The molecular weight excluding hydrogens is 447 g/mol. The zero-order valence-corrected chi connectivity index (χ0v) is 22.5. The topological polar surface area (TPSA) is 76.7 Å². The Morgan fingerprint density at radius 1 is 1.00 bits per heavy atom. The number of nitrogens with one attached hydrogen (secondary N) is 2. The van der Waals surface area contributed by atoms with Crippen molar-refractivity contribution in [2.45, 2.75) is 85.5 Å². The van der Waals surface area contributed by atoms with E-state index >= 15 is 0 Å². The summed E-state index contributed by atoms with van der Waals surface area (Å²) in [5.41, 5.74) is 1.46. The molecule has 0 radical (unpaired) electrons. The molecule has 1 aromatic rings. The highest BCUT2D eigenvalue weighted by molar-refractivity contribution is 7.54. The van der Waals surface area contributed by atoms with E-state index in [1.165, 1.54) is 19.3 Å². The molecule has 4 fully saturated rings. The van der Waals surface area contributed by atoms with Gasteiger partial charge in [-0.3, -0.25) is 9.36 Å². The van der Waals surface area contributed by atoms with Crippen LogP contribution >= 0.6 is 7.60 Å². The Morgan fingerprint density at radius 3 is 1.94 bits per heavy atom. The molecule has 5 rings (SSSR count). The minimum atomic E-state index is -3.35. The lowest BCUT2D eigenvalue weighted by Crippen LogP contribution is -2.53. The van der Waals surface area contributed by atoms with Crippen LogP contribution < -0.4 is 10.6 Å². The van der Waals surface area contributed by atoms with Crippen LogP contribution in [-0.4, -0.2) is 24.9 Å². The van der Waals surface area contributed by atoms with Gasteiger partial charge < -0.3 is 19.7 Å². The van der Waals surface area contributed by atoms with Crippen LogP contribution in [0, 0.1) is 28.6 Å². The van der Waals surface area contributed by atoms with Crippen molar-refractivity contribution in [3.05, 3.63) is 29.8 Å². The number of amides is 1. The van der Waals surface area contributed by atoms with Crippen molar-refractivity contribution in [1.29, 1.82) is 0 Å². The molecular formula is C27H43N2O4P. The first-order valence-electron chi connectivity index (χ1n) is 13.1. The van der Waals surface area contributed by atoms with E-state index in [2.05, 4.69) is 10.6 Å². The van der Waals surface area contributed by atoms with Gasteiger partial charge in [0.15, 0.2) is 0 Å². The number of benzene rings is 1. The first-order chi connectivity index (χ1) is 16.1. The Bertz CT molecular complexity index is 863. The van der Waals surface area contributed by atoms with E-state index in [-0.39, 0.29) is 16.7 Å². The molecule has 1 unspecified atom stereocenters. The van der Waals surface area contributed by atoms with E-state index in [9.17, 15) is 9.36 Å². The van der Waals surface area contributed by atoms with E-state index in [1.54, 1.807) is 0 Å². The molecule has 0 spiro atoms. The van der Waals surface area contributed by atoms with Crippen LogP contribution in [0.25, 0.3) is 0 Å². The largest absolute Gasteiger partial charge is 0.371 e. The fourth-order valence-electron chi connectivity index (χ4n) is 6.95. The predicted molar refractivity (Wildman–Crippen MR) is 137 cm³/mol. The van der Waals surface area contributed by atoms with Crippen molar-refractivity contribution < 1.29 is 18.4 Å². The van der Waals surface area contributed by atoms with Gasteiger partial charge in [0.1, 0.15) is 5.78 Å². The van der Waals surface area contributed by atoms with Gasteiger partial charge in [0.25, 0.3) is 0 Å². The number of hydrogen-bond donors (Lipinski definition) is 2. The van der Waals surface area contributed by atoms with Gasteiger partial charge in [0.2, 0.25) is 5.91 Å². The molecule has 1 atom stereocenters. The molecule has 6 nitrogen and oxygen atoms in total. The van der Waals surface area contributed by atoms with E-state index in [0.29, 0.717) is 19.8 Å². The molecule has 4 aliphatic rings. The quantitative estimate of drug-likeness (QED) is 0.363. The van der Waals surface area contributed by atoms with Crippen LogP contribution in [0.2, 0.25) is 0 Å². The smallest absolute Gasteiger partial charge is 0.353 e. The summed E-state index contributed by atoms with van der Waals surface area (Å²) in [6.07, 6.45) is 7.28. The summed E-state index contributed by atoms with van der Waals surface area (Å²) in [7, 11) is -3.35. The van der Waals surface area contributed by atoms with Crippen molar-refractivity contribution in [3.8, 4) is 0 Å². The normalized spacial score (nSPS) is 29.1. The first kappa shape index (κ1) is 25.7. The summed E-state index contributed by atoms with van der Waals surface area (Å²) in [5, 5.41) is 6.66. The van der Waals surface area contributed by atoms with Gasteiger partial charge in [-0.2, -0.15) is 0 Å². The Balaban J connectivity index is 1.39. The van der Waals surface area contributed by atoms with Crippen molar-refractivity contribution in [3.63, 3.8) is 0 Å². The van der Waals surface area contributed by atoms with Crippen molar-refractivity contribution in [2.24, 2.45) is 28.6 Å². The summed E-state index contributed by atoms with van der Waals surface area (Å²) in [5.74, 6) is 2.07. The predicted octanol–water partition coefficient (Wildman–Crippen LogP) is 6.57. The number of carbonyl (C=O) groups is 1. The van der Waals surface area contributed by atoms with Crippen molar-refractivity contribution >= 4 is 19.2 Å². The Morgan fingerprint density at radius 2 is 1.50 bits per heavy atom. The van der Waals surface area contributed by atoms with Crippen molar-refractivity contribution in [2.75, 3.05) is 18.5 Å². The van der Waals surface area contributed by atoms with Gasteiger partial charge in [-0.15, -0.1) is 0 Å². The molecule has 34 heavy (non-hydrogen) atoms. The molecule has 0 aliphatic heterocycles. The third-order valence-electron chi connectivity index (χ3n) is 7.98. The number of carbonyl (C=O) groups excluding carboxylic acids is 1. The highest BCUT2D eigenvalue weighted by Gasteiger charge is 2.54. The van der Waals surface area contributed by atoms with Gasteiger partial charge in [-0.05, 0) is 93.2 Å². The average Bonchev–Trinajstić information content (AvgIpc) is 2.75. The second-order valence-corrected chi connectivity index (χ2v) is 14.0. The number of anilines is 1. The van der Waals surface area contributed by atoms with Gasteiger partial charge in [0.05, 0.1) is 13.2 Å². The summed E-state index contributed by atoms with van der Waals surface area (Å²) in [6, 6.07) is 8.00. The van der Waals surface area contributed by atoms with Gasteiger partial charge in [0, 0.05) is 17.6 Å². The number of rotatable bonds is 10. The number of hydrogen-bond acceptors (Lipinski definition) is 5. The van der Waals surface area contributed by atoms with Gasteiger partial charge >= 0.3 is 7.60 Å². The molecule has 0 aromatic heterocycles. The molecule has 7 heteroatoms. The Kier molecular flexibility index (Phi) is 7.53. The van der Waals surface area contributed by atoms with Crippen molar-refractivity contribution in [1.82, 2.24) is 5.32 Å². The average molecular weight is 491 g/mol. The van der Waals surface area contributed by atoms with E-state index in [0.717, 1.165) is 48.3 Å². The van der Waals surface area contributed by atoms with Crippen LogP contribution in [0.5, 0.6) is 0 Å². The van der Waals surface area contributed by atoms with Crippen LogP contribution in [0.3, 0.4) is 0 Å². The fraction of sp³-hybridized carbons (Fsp3) is 0.741. The summed E-state index contributed by atoms with van der Waals surface area (Å²) < 4.78 is 24.8. The maximum Gasteiger partial charge on any atom is 0.353 e. The highest BCUT2D eigenvalue weighted by Crippen LogP contribution is 2.60. The maximum atomic E-state index is 13.5. The third kappa shape index (κ3) is 5.39. The lowest BCUT2D eigenvalue weighted by atomic mass is 9.49. The van der Waals surface area contributed by atoms with Crippen LogP contribution in [0.15, 0.2) is 24.3 Å². The maximum absolute atomic E-state index is 13.5. The standard InChI is InChI=1S/C27H43N2O4P/c1-6-32-34(31,33-7-2)25(26(3,4)5)29-23-10-8-19(9-11-23)18-28-24(30)27-15-20-12-21(16-27)14-22(13-20)17-27/h8-11,20-22,25,29H,6-7,12-18H2,1-5H3,(H,28,30). The Labute approximate surface area is 205 Å². The van der Waals surface area contributed by atoms with Gasteiger partial charge in [-0.25, -0.2) is 0 Å². The minimum Gasteiger partial charge on any atom is -0.371 e. The fourth-order valence-corrected chi connectivity index (χ4v) is 9.30. The molecule has 4 aliphatic carbocycles. The molecule has 1 aromatic carbocycles. The van der Waals surface area contributed by atoms with E-state index < -0.39 is 13.4 Å². The lowest BCUT2D eigenvalue weighted by Gasteiger charge is -2.55. The van der Waals surface area contributed by atoms with E-state index in [1.807, 2.05) is 58.9 Å². The SMILES string of the molecule is CCOP(=O)(OCC)C(Nc1ccc(CNC(=O)C23CC4CC(CC(C4)C2)C3)cc1)C(C)(C)C. The molecule has 4 bridgehead atoms. The van der Waals surface area contributed by atoms with Crippen LogP contribution in [-0.2, 0) is 25.0 Å². The van der Waals surface area contributed by atoms with Gasteiger partial charge in [-0.1, -0.05) is 32.9 Å². The molecule has 1 amide bonds. The zero-order valence-electron chi connectivity index (χ0n) is 21.6.